The summed E-state index contributed by atoms with van der Waals surface area (Å²) in [5.74, 6) is 0.674. The van der Waals surface area contributed by atoms with Gasteiger partial charge in [-0.15, -0.1) is 0 Å². The molecule has 1 aliphatic rings. The molecule has 0 unspecified atom stereocenters. The van der Waals surface area contributed by atoms with Gasteiger partial charge in [-0.3, -0.25) is 10.1 Å². The van der Waals surface area contributed by atoms with E-state index in [2.05, 4.69) is 20.0 Å². The number of anilines is 1. The molecule has 1 aliphatic heterocycles. The summed E-state index contributed by atoms with van der Waals surface area (Å²) in [6.45, 7) is 1.04. The van der Waals surface area contributed by atoms with Crippen LogP contribution < -0.4 is 10.1 Å². The van der Waals surface area contributed by atoms with Crippen molar-refractivity contribution in [1.29, 1.82) is 0 Å². The van der Waals surface area contributed by atoms with E-state index < -0.39 is 6.09 Å². The molecule has 3 heterocycles. The molecular weight excluding hydrogens is 368 g/mol. The number of aromatic amines is 1. The van der Waals surface area contributed by atoms with Crippen molar-refractivity contribution >= 4 is 39.4 Å². The lowest BCUT2D eigenvalue weighted by atomic mass is 10.1. The number of fused-ring (bicyclic) bond motifs is 2. The molecule has 0 aliphatic carbocycles. The second kappa shape index (κ2) is 6.92. The molecule has 0 bridgehead atoms. The van der Waals surface area contributed by atoms with Gasteiger partial charge < -0.3 is 19.4 Å². The van der Waals surface area contributed by atoms with Crippen LogP contribution in [0.5, 0.6) is 5.75 Å². The van der Waals surface area contributed by atoms with Gasteiger partial charge in [0.15, 0.2) is 5.13 Å². The van der Waals surface area contributed by atoms with E-state index in [0.29, 0.717) is 30.3 Å². The van der Waals surface area contributed by atoms with Crippen molar-refractivity contribution in [1.82, 2.24) is 14.9 Å². The van der Waals surface area contributed by atoms with Gasteiger partial charge in [0.25, 0.3) is 5.91 Å². The Morgan fingerprint density at radius 3 is 2.93 bits per heavy atom. The predicted octanol–water partition coefficient (Wildman–Crippen LogP) is 3.01. The fraction of sp³-hybridized carbons (Fsp3) is 0.278. The number of thiazole rings is 1. The second-order valence-electron chi connectivity index (χ2n) is 6.12. The van der Waals surface area contributed by atoms with Crippen LogP contribution in [0, 0.1) is 0 Å². The van der Waals surface area contributed by atoms with Crippen molar-refractivity contribution in [3.05, 3.63) is 40.5 Å². The summed E-state index contributed by atoms with van der Waals surface area (Å²) in [5, 5.41) is 4.02. The van der Waals surface area contributed by atoms with Gasteiger partial charge in [0, 0.05) is 34.8 Å². The van der Waals surface area contributed by atoms with Crippen molar-refractivity contribution in [3.63, 3.8) is 0 Å². The topological polar surface area (TPSA) is 96.6 Å². The van der Waals surface area contributed by atoms with Gasteiger partial charge >= 0.3 is 6.09 Å². The molecule has 0 spiro atoms. The van der Waals surface area contributed by atoms with Crippen LogP contribution in [0.2, 0.25) is 0 Å². The minimum absolute atomic E-state index is 0.0632. The van der Waals surface area contributed by atoms with Crippen LogP contribution >= 0.6 is 11.3 Å². The SMILES string of the molecule is COC(=O)Nc1nc2c(s1)CN(C(=O)c1cc3ccc(OC)cc3[nH]1)CC2. The van der Waals surface area contributed by atoms with E-state index >= 15 is 0 Å². The smallest absolute Gasteiger partial charge is 0.413 e. The fourth-order valence-electron chi connectivity index (χ4n) is 3.08. The number of benzene rings is 1. The van der Waals surface area contributed by atoms with E-state index in [1.54, 1.807) is 12.0 Å². The number of amides is 2. The van der Waals surface area contributed by atoms with E-state index in [4.69, 9.17) is 4.74 Å². The minimum atomic E-state index is -0.553. The largest absolute Gasteiger partial charge is 0.497 e. The summed E-state index contributed by atoms with van der Waals surface area (Å²) >= 11 is 1.36. The molecule has 27 heavy (non-hydrogen) atoms. The number of ether oxygens (including phenoxy) is 2. The molecule has 8 nitrogen and oxygen atoms in total. The number of nitrogens with zero attached hydrogens (tertiary/aromatic N) is 2. The Morgan fingerprint density at radius 1 is 1.30 bits per heavy atom. The van der Waals surface area contributed by atoms with E-state index in [0.717, 1.165) is 27.2 Å². The van der Waals surface area contributed by atoms with Gasteiger partial charge in [0.2, 0.25) is 0 Å². The zero-order valence-corrected chi connectivity index (χ0v) is 15.7. The average molecular weight is 386 g/mol. The quantitative estimate of drug-likeness (QED) is 0.721. The molecule has 2 amide bonds. The second-order valence-corrected chi connectivity index (χ2v) is 7.20. The highest BCUT2D eigenvalue weighted by atomic mass is 32.1. The van der Waals surface area contributed by atoms with Gasteiger partial charge in [-0.25, -0.2) is 9.78 Å². The number of nitrogens with one attached hydrogen (secondary N) is 2. The van der Waals surface area contributed by atoms with Crippen molar-refractivity contribution in [2.24, 2.45) is 0 Å². The van der Waals surface area contributed by atoms with Crippen molar-refractivity contribution in [2.75, 3.05) is 26.1 Å². The fourth-order valence-corrected chi connectivity index (χ4v) is 4.09. The van der Waals surface area contributed by atoms with Crippen molar-refractivity contribution in [2.45, 2.75) is 13.0 Å². The highest BCUT2D eigenvalue weighted by Crippen LogP contribution is 2.29. The summed E-state index contributed by atoms with van der Waals surface area (Å²) in [6, 6.07) is 7.51. The molecule has 4 rings (SSSR count). The van der Waals surface area contributed by atoms with Crippen LogP contribution in [0.15, 0.2) is 24.3 Å². The number of carbonyl (C=O) groups is 2. The Bertz CT molecular complexity index is 1030. The van der Waals surface area contributed by atoms with Crippen LogP contribution in [0.25, 0.3) is 10.9 Å². The Labute approximate surface area is 159 Å². The lowest BCUT2D eigenvalue weighted by Gasteiger charge is -2.25. The molecule has 1 aromatic carbocycles. The number of methoxy groups -OCH3 is 2. The summed E-state index contributed by atoms with van der Waals surface area (Å²) < 4.78 is 9.81. The van der Waals surface area contributed by atoms with E-state index in [9.17, 15) is 9.59 Å². The molecule has 140 valence electrons. The molecular formula is C18H18N4O4S. The van der Waals surface area contributed by atoms with Crippen LogP contribution in [0.1, 0.15) is 21.1 Å². The molecule has 2 aromatic heterocycles. The van der Waals surface area contributed by atoms with Crippen LogP contribution in [0.3, 0.4) is 0 Å². The number of rotatable bonds is 3. The van der Waals surface area contributed by atoms with Gasteiger partial charge in [-0.05, 0) is 18.2 Å². The van der Waals surface area contributed by atoms with Crippen molar-refractivity contribution in [3.8, 4) is 5.75 Å². The Hall–Kier alpha value is -3.07. The summed E-state index contributed by atoms with van der Waals surface area (Å²) in [4.78, 5) is 34.6. The molecule has 9 heteroatoms. The first kappa shape index (κ1) is 17.3. The molecule has 0 saturated carbocycles. The van der Waals surface area contributed by atoms with Crippen LogP contribution in [0.4, 0.5) is 9.93 Å². The first-order valence-electron chi connectivity index (χ1n) is 8.37. The van der Waals surface area contributed by atoms with Gasteiger partial charge in [0.05, 0.1) is 26.5 Å². The van der Waals surface area contributed by atoms with E-state index in [1.165, 1.54) is 18.4 Å². The van der Waals surface area contributed by atoms with Crippen LogP contribution in [-0.4, -0.2) is 47.6 Å². The lowest BCUT2D eigenvalue weighted by molar-refractivity contribution is 0.0731. The first-order valence-corrected chi connectivity index (χ1v) is 9.18. The molecule has 3 aromatic rings. The standard InChI is InChI=1S/C18H18N4O4S/c1-25-11-4-3-10-7-14(19-13(10)8-11)16(23)22-6-5-12-15(9-22)27-17(20-12)21-18(24)26-2/h3-4,7-8,19H,5-6,9H2,1-2H3,(H,20,21,24). The Morgan fingerprint density at radius 2 is 2.15 bits per heavy atom. The highest BCUT2D eigenvalue weighted by Gasteiger charge is 2.26. The third kappa shape index (κ3) is 3.33. The normalized spacial score (nSPS) is 13.3. The average Bonchev–Trinajstić information content (AvgIpc) is 3.29. The van der Waals surface area contributed by atoms with Crippen molar-refractivity contribution < 1.29 is 19.1 Å². The number of hydrogen-bond donors (Lipinski definition) is 2. The maximum absolute atomic E-state index is 12.9. The number of aromatic nitrogens is 2. The minimum Gasteiger partial charge on any atom is -0.497 e. The third-order valence-electron chi connectivity index (χ3n) is 4.47. The zero-order chi connectivity index (χ0) is 19.0. The molecule has 0 saturated heterocycles. The van der Waals surface area contributed by atoms with Gasteiger partial charge in [-0.1, -0.05) is 11.3 Å². The third-order valence-corrected chi connectivity index (χ3v) is 5.47. The van der Waals surface area contributed by atoms with E-state index in [-0.39, 0.29) is 5.91 Å². The molecule has 0 atom stereocenters. The summed E-state index contributed by atoms with van der Waals surface area (Å²) in [6.07, 6.45) is 0.0941. The van der Waals surface area contributed by atoms with E-state index in [1.807, 2.05) is 24.3 Å². The number of carbonyl (C=O) groups excluding carboxylic acids is 2. The van der Waals surface area contributed by atoms with Gasteiger partial charge in [0.1, 0.15) is 11.4 Å². The first-order chi connectivity index (χ1) is 13.1. The maximum Gasteiger partial charge on any atom is 0.413 e. The van der Waals surface area contributed by atoms with Gasteiger partial charge in [-0.2, -0.15) is 0 Å². The summed E-state index contributed by atoms with van der Waals surface area (Å²) in [5.41, 5.74) is 2.31. The predicted molar refractivity (Wildman–Crippen MR) is 101 cm³/mol. The Balaban J connectivity index is 1.53. The lowest BCUT2D eigenvalue weighted by Crippen LogP contribution is -2.35. The molecule has 0 radical (unpaired) electrons. The molecule has 2 N–H and O–H groups in total. The monoisotopic (exact) mass is 386 g/mol. The zero-order valence-electron chi connectivity index (χ0n) is 14.9. The van der Waals surface area contributed by atoms with Crippen LogP contribution in [-0.2, 0) is 17.7 Å². The Kier molecular flexibility index (Phi) is 4.44. The summed E-state index contributed by atoms with van der Waals surface area (Å²) in [7, 11) is 2.92. The molecule has 0 fully saturated rings. The number of H-pyrrole nitrogens is 1. The maximum atomic E-state index is 12.9. The highest BCUT2D eigenvalue weighted by molar-refractivity contribution is 7.15. The number of hydrogen-bond acceptors (Lipinski definition) is 6.